The number of aromatic nitrogens is 2. The summed E-state index contributed by atoms with van der Waals surface area (Å²) in [5.74, 6) is 2.37. The fourth-order valence-corrected chi connectivity index (χ4v) is 3.43. The monoisotopic (exact) mass is 276 g/mol. The van der Waals surface area contributed by atoms with Crippen molar-refractivity contribution in [2.45, 2.75) is 18.9 Å². The van der Waals surface area contributed by atoms with Gasteiger partial charge in [-0.15, -0.1) is 0 Å². The molecule has 0 bridgehead atoms. The minimum atomic E-state index is -0.155. The van der Waals surface area contributed by atoms with E-state index in [-0.39, 0.29) is 5.56 Å². The van der Waals surface area contributed by atoms with Crippen LogP contribution in [0.2, 0.25) is 0 Å². The van der Waals surface area contributed by atoms with E-state index in [1.165, 1.54) is 17.8 Å². The minimum Gasteiger partial charge on any atom is -0.397 e. The Bertz CT molecular complexity index is 649. The van der Waals surface area contributed by atoms with Crippen LogP contribution in [0.4, 0.5) is 11.4 Å². The van der Waals surface area contributed by atoms with Gasteiger partial charge in [0.1, 0.15) is 0 Å². The number of H-pyrrole nitrogens is 1. The van der Waals surface area contributed by atoms with Gasteiger partial charge in [0.2, 0.25) is 0 Å². The number of thioether (sulfide) groups is 1. The van der Waals surface area contributed by atoms with Crippen LogP contribution in [0.15, 0.2) is 23.3 Å². The summed E-state index contributed by atoms with van der Waals surface area (Å²) >= 11 is 1.99. The van der Waals surface area contributed by atoms with Crippen molar-refractivity contribution < 1.29 is 0 Å². The summed E-state index contributed by atoms with van der Waals surface area (Å²) in [6.07, 6.45) is 3.71. The number of aromatic amines is 1. The van der Waals surface area contributed by atoms with Crippen LogP contribution in [-0.4, -0.2) is 27.5 Å². The number of fused-ring (bicyclic) bond motifs is 1. The van der Waals surface area contributed by atoms with Gasteiger partial charge >= 0.3 is 0 Å². The summed E-state index contributed by atoms with van der Waals surface area (Å²) in [5, 5.41) is 4.00. The van der Waals surface area contributed by atoms with Gasteiger partial charge in [0.05, 0.1) is 28.6 Å². The SMILES string of the molecule is Nc1cc2c(=O)[nH]cnc2cc1NC1CCSCC1. The molecule has 0 atom stereocenters. The van der Waals surface area contributed by atoms with Crippen molar-refractivity contribution in [3.05, 3.63) is 28.8 Å². The standard InChI is InChI=1S/C13H16N4OS/c14-10-5-9-11(15-7-16-13(9)18)6-12(10)17-8-1-3-19-4-2-8/h5-8,17H,1-4,14H2,(H,15,16,18). The third kappa shape index (κ3) is 2.53. The first-order chi connectivity index (χ1) is 9.24. The van der Waals surface area contributed by atoms with Crippen LogP contribution in [0.3, 0.4) is 0 Å². The second kappa shape index (κ2) is 5.13. The average molecular weight is 276 g/mol. The second-order valence-electron chi connectivity index (χ2n) is 4.72. The van der Waals surface area contributed by atoms with Gasteiger partial charge in [-0.1, -0.05) is 0 Å². The Kier molecular flexibility index (Phi) is 3.33. The maximum atomic E-state index is 11.7. The van der Waals surface area contributed by atoms with E-state index < -0.39 is 0 Å². The molecule has 4 N–H and O–H groups in total. The van der Waals surface area contributed by atoms with Crippen LogP contribution < -0.4 is 16.6 Å². The number of benzene rings is 1. The van der Waals surface area contributed by atoms with Crippen LogP contribution in [-0.2, 0) is 0 Å². The molecule has 19 heavy (non-hydrogen) atoms. The van der Waals surface area contributed by atoms with Gasteiger partial charge in [-0.2, -0.15) is 11.8 Å². The Morgan fingerprint density at radius 2 is 2.16 bits per heavy atom. The predicted octanol–water partition coefficient (Wildman–Crippen LogP) is 1.81. The van der Waals surface area contributed by atoms with Crippen LogP contribution in [0.5, 0.6) is 0 Å². The molecule has 2 aromatic rings. The number of nitrogen functional groups attached to an aromatic ring is 1. The zero-order chi connectivity index (χ0) is 13.2. The van der Waals surface area contributed by atoms with Crippen LogP contribution in [0, 0.1) is 0 Å². The van der Waals surface area contributed by atoms with E-state index in [9.17, 15) is 4.79 Å². The molecule has 0 amide bonds. The lowest BCUT2D eigenvalue weighted by Crippen LogP contribution is -2.25. The van der Waals surface area contributed by atoms with E-state index in [0.29, 0.717) is 22.6 Å². The van der Waals surface area contributed by atoms with Crippen molar-refractivity contribution in [1.82, 2.24) is 9.97 Å². The first-order valence-electron chi connectivity index (χ1n) is 6.35. The van der Waals surface area contributed by atoms with Crippen LogP contribution >= 0.6 is 11.8 Å². The van der Waals surface area contributed by atoms with E-state index in [2.05, 4.69) is 15.3 Å². The number of anilines is 2. The van der Waals surface area contributed by atoms with E-state index in [4.69, 9.17) is 5.73 Å². The third-order valence-corrected chi connectivity index (χ3v) is 4.44. The minimum absolute atomic E-state index is 0.155. The molecule has 5 nitrogen and oxygen atoms in total. The highest BCUT2D eigenvalue weighted by Gasteiger charge is 2.15. The van der Waals surface area contributed by atoms with E-state index >= 15 is 0 Å². The molecule has 0 spiro atoms. The van der Waals surface area contributed by atoms with Gasteiger partial charge in [0, 0.05) is 6.04 Å². The molecule has 1 aliphatic rings. The summed E-state index contributed by atoms with van der Waals surface area (Å²) in [6.45, 7) is 0. The molecule has 2 heterocycles. The lowest BCUT2D eigenvalue weighted by Gasteiger charge is -2.24. The number of hydrogen-bond acceptors (Lipinski definition) is 5. The molecular formula is C13H16N4OS. The van der Waals surface area contributed by atoms with Crippen molar-refractivity contribution in [2.24, 2.45) is 0 Å². The molecule has 1 aromatic carbocycles. The molecule has 1 aliphatic heterocycles. The fraction of sp³-hybridized carbons (Fsp3) is 0.385. The lowest BCUT2D eigenvalue weighted by molar-refractivity contribution is 0.667. The Hall–Kier alpha value is -1.69. The van der Waals surface area contributed by atoms with E-state index in [1.54, 1.807) is 6.07 Å². The van der Waals surface area contributed by atoms with Crippen molar-refractivity contribution in [3.8, 4) is 0 Å². The lowest BCUT2D eigenvalue weighted by atomic mass is 10.1. The summed E-state index contributed by atoms with van der Waals surface area (Å²) in [7, 11) is 0. The number of nitrogens with one attached hydrogen (secondary N) is 2. The van der Waals surface area contributed by atoms with Gasteiger partial charge in [-0.25, -0.2) is 4.98 Å². The summed E-state index contributed by atoms with van der Waals surface area (Å²) in [5.41, 5.74) is 8.02. The molecule has 1 saturated heterocycles. The molecule has 0 aliphatic carbocycles. The highest BCUT2D eigenvalue weighted by Crippen LogP contribution is 2.27. The maximum Gasteiger partial charge on any atom is 0.258 e. The van der Waals surface area contributed by atoms with E-state index in [1.807, 2.05) is 17.8 Å². The molecule has 1 aromatic heterocycles. The van der Waals surface area contributed by atoms with Crippen molar-refractivity contribution in [3.63, 3.8) is 0 Å². The van der Waals surface area contributed by atoms with Crippen LogP contribution in [0.1, 0.15) is 12.8 Å². The molecule has 1 fully saturated rings. The Labute approximate surface area is 115 Å². The summed E-state index contributed by atoms with van der Waals surface area (Å²) < 4.78 is 0. The Morgan fingerprint density at radius 1 is 1.37 bits per heavy atom. The van der Waals surface area contributed by atoms with Gasteiger partial charge < -0.3 is 16.0 Å². The average Bonchev–Trinajstić information content (AvgIpc) is 2.42. The Balaban J connectivity index is 1.95. The third-order valence-electron chi connectivity index (χ3n) is 3.39. The maximum absolute atomic E-state index is 11.7. The molecular weight excluding hydrogens is 260 g/mol. The number of nitrogens with zero attached hydrogens (tertiary/aromatic N) is 1. The molecule has 6 heteroatoms. The molecule has 0 saturated carbocycles. The van der Waals surface area contributed by atoms with Gasteiger partial charge in [-0.05, 0) is 36.5 Å². The molecule has 0 unspecified atom stereocenters. The fourth-order valence-electron chi connectivity index (χ4n) is 2.32. The highest BCUT2D eigenvalue weighted by atomic mass is 32.2. The first-order valence-corrected chi connectivity index (χ1v) is 7.51. The number of nitrogens with two attached hydrogens (primary N) is 1. The molecule has 3 rings (SSSR count). The topological polar surface area (TPSA) is 83.8 Å². The normalized spacial score (nSPS) is 16.6. The highest BCUT2D eigenvalue weighted by molar-refractivity contribution is 7.99. The van der Waals surface area contributed by atoms with Crippen molar-refractivity contribution >= 4 is 34.0 Å². The summed E-state index contributed by atoms with van der Waals surface area (Å²) in [4.78, 5) is 18.4. The number of rotatable bonds is 2. The van der Waals surface area contributed by atoms with Gasteiger partial charge in [-0.3, -0.25) is 4.79 Å². The summed E-state index contributed by atoms with van der Waals surface area (Å²) in [6, 6.07) is 4.02. The zero-order valence-electron chi connectivity index (χ0n) is 10.5. The Morgan fingerprint density at radius 3 is 2.95 bits per heavy atom. The predicted molar refractivity (Wildman–Crippen MR) is 80.7 cm³/mol. The first kappa shape index (κ1) is 12.3. The zero-order valence-corrected chi connectivity index (χ0v) is 11.3. The van der Waals surface area contributed by atoms with Gasteiger partial charge in [0.15, 0.2) is 0 Å². The molecule has 0 radical (unpaired) electrons. The van der Waals surface area contributed by atoms with Gasteiger partial charge in [0.25, 0.3) is 5.56 Å². The molecule has 100 valence electrons. The van der Waals surface area contributed by atoms with Crippen molar-refractivity contribution in [1.29, 1.82) is 0 Å². The van der Waals surface area contributed by atoms with E-state index in [0.717, 1.165) is 18.5 Å². The van der Waals surface area contributed by atoms with Crippen molar-refractivity contribution in [2.75, 3.05) is 22.6 Å². The quantitative estimate of drug-likeness (QED) is 0.729. The van der Waals surface area contributed by atoms with Crippen LogP contribution in [0.25, 0.3) is 10.9 Å². The number of hydrogen-bond donors (Lipinski definition) is 3. The second-order valence-corrected chi connectivity index (χ2v) is 5.94. The smallest absolute Gasteiger partial charge is 0.258 e. The largest absolute Gasteiger partial charge is 0.397 e.